The SMILES string of the molecule is NCCN(Cc1ccccc1Cl)C(=O)c1cn[nH]n1. The number of H-pyrrole nitrogens is 1. The van der Waals surface area contributed by atoms with Crippen LogP contribution in [0.4, 0.5) is 0 Å². The van der Waals surface area contributed by atoms with Crippen LogP contribution in [-0.2, 0) is 6.54 Å². The van der Waals surface area contributed by atoms with Crippen molar-refractivity contribution in [1.82, 2.24) is 20.3 Å². The zero-order valence-electron chi connectivity index (χ0n) is 10.2. The van der Waals surface area contributed by atoms with E-state index >= 15 is 0 Å². The molecule has 0 saturated heterocycles. The molecule has 100 valence electrons. The van der Waals surface area contributed by atoms with Gasteiger partial charge in [0.25, 0.3) is 5.91 Å². The molecule has 3 N–H and O–H groups in total. The van der Waals surface area contributed by atoms with Crippen molar-refractivity contribution < 1.29 is 4.79 Å². The summed E-state index contributed by atoms with van der Waals surface area (Å²) in [6.07, 6.45) is 1.39. The van der Waals surface area contributed by atoms with Crippen molar-refractivity contribution in [3.63, 3.8) is 0 Å². The third-order valence-electron chi connectivity index (χ3n) is 2.64. The summed E-state index contributed by atoms with van der Waals surface area (Å²) >= 11 is 6.09. The second-order valence-corrected chi connectivity index (χ2v) is 4.37. The van der Waals surface area contributed by atoms with E-state index in [0.29, 0.717) is 24.7 Å². The molecule has 0 atom stereocenters. The van der Waals surface area contributed by atoms with Crippen molar-refractivity contribution in [2.24, 2.45) is 5.73 Å². The predicted octanol–water partition coefficient (Wildman–Crippen LogP) is 1.06. The van der Waals surface area contributed by atoms with Gasteiger partial charge in [-0.1, -0.05) is 29.8 Å². The van der Waals surface area contributed by atoms with E-state index < -0.39 is 0 Å². The monoisotopic (exact) mass is 279 g/mol. The third kappa shape index (κ3) is 3.30. The number of aromatic nitrogens is 3. The number of hydrogen-bond donors (Lipinski definition) is 2. The molecule has 1 amide bonds. The molecule has 19 heavy (non-hydrogen) atoms. The highest BCUT2D eigenvalue weighted by Crippen LogP contribution is 2.17. The van der Waals surface area contributed by atoms with Crippen LogP contribution in [0.3, 0.4) is 0 Å². The zero-order valence-corrected chi connectivity index (χ0v) is 11.0. The van der Waals surface area contributed by atoms with Crippen LogP contribution in [0.25, 0.3) is 0 Å². The maximum atomic E-state index is 12.2. The number of halogens is 1. The molecule has 0 fully saturated rings. The van der Waals surface area contributed by atoms with Crippen LogP contribution in [0.1, 0.15) is 16.1 Å². The van der Waals surface area contributed by atoms with Gasteiger partial charge in [-0.05, 0) is 11.6 Å². The fourth-order valence-corrected chi connectivity index (χ4v) is 1.90. The Morgan fingerprint density at radius 1 is 1.42 bits per heavy atom. The van der Waals surface area contributed by atoms with Gasteiger partial charge in [-0.15, -0.1) is 0 Å². The lowest BCUT2D eigenvalue weighted by atomic mass is 10.2. The molecule has 0 aliphatic rings. The van der Waals surface area contributed by atoms with Crippen molar-refractivity contribution >= 4 is 17.5 Å². The van der Waals surface area contributed by atoms with Gasteiger partial charge < -0.3 is 10.6 Å². The molecule has 0 unspecified atom stereocenters. The first kappa shape index (κ1) is 13.5. The van der Waals surface area contributed by atoms with Gasteiger partial charge in [0.1, 0.15) is 0 Å². The second-order valence-electron chi connectivity index (χ2n) is 3.96. The lowest BCUT2D eigenvalue weighted by Crippen LogP contribution is -2.35. The van der Waals surface area contributed by atoms with Crippen LogP contribution in [0, 0.1) is 0 Å². The zero-order chi connectivity index (χ0) is 13.7. The predicted molar refractivity (Wildman–Crippen MR) is 71.6 cm³/mol. The Bertz CT molecular complexity index is 543. The Morgan fingerprint density at radius 2 is 2.21 bits per heavy atom. The van der Waals surface area contributed by atoms with Gasteiger partial charge in [0.15, 0.2) is 5.69 Å². The maximum absolute atomic E-state index is 12.2. The minimum absolute atomic E-state index is 0.223. The molecule has 1 aromatic carbocycles. The molecule has 2 aromatic rings. The number of carbonyl (C=O) groups excluding carboxylic acids is 1. The van der Waals surface area contributed by atoms with Gasteiger partial charge in [-0.3, -0.25) is 4.79 Å². The van der Waals surface area contributed by atoms with Crippen molar-refractivity contribution in [3.05, 3.63) is 46.7 Å². The van der Waals surface area contributed by atoms with E-state index in [1.807, 2.05) is 18.2 Å². The van der Waals surface area contributed by atoms with E-state index in [1.165, 1.54) is 6.20 Å². The van der Waals surface area contributed by atoms with Crippen LogP contribution in [0.15, 0.2) is 30.5 Å². The highest BCUT2D eigenvalue weighted by molar-refractivity contribution is 6.31. The smallest absolute Gasteiger partial charge is 0.276 e. The van der Waals surface area contributed by atoms with Gasteiger partial charge >= 0.3 is 0 Å². The summed E-state index contributed by atoms with van der Waals surface area (Å²) < 4.78 is 0. The number of aromatic amines is 1. The first-order valence-electron chi connectivity index (χ1n) is 5.81. The Labute approximate surface area is 115 Å². The van der Waals surface area contributed by atoms with Gasteiger partial charge in [0.2, 0.25) is 0 Å². The highest BCUT2D eigenvalue weighted by atomic mass is 35.5. The largest absolute Gasteiger partial charge is 0.332 e. The summed E-state index contributed by atoms with van der Waals surface area (Å²) in [5.41, 5.74) is 6.68. The molecule has 7 heteroatoms. The van der Waals surface area contributed by atoms with E-state index in [0.717, 1.165) is 5.56 Å². The lowest BCUT2D eigenvalue weighted by Gasteiger charge is -2.21. The van der Waals surface area contributed by atoms with Crippen LogP contribution in [0.5, 0.6) is 0 Å². The summed E-state index contributed by atoms with van der Waals surface area (Å²) in [7, 11) is 0. The Morgan fingerprint density at radius 3 is 2.84 bits per heavy atom. The molecule has 6 nitrogen and oxygen atoms in total. The lowest BCUT2D eigenvalue weighted by molar-refractivity contribution is 0.0742. The van der Waals surface area contributed by atoms with Gasteiger partial charge in [-0.25, -0.2) is 0 Å². The van der Waals surface area contributed by atoms with E-state index in [1.54, 1.807) is 11.0 Å². The van der Waals surface area contributed by atoms with Crippen molar-refractivity contribution in [1.29, 1.82) is 0 Å². The number of amides is 1. The summed E-state index contributed by atoms with van der Waals surface area (Å²) in [6.45, 7) is 1.19. The van der Waals surface area contributed by atoms with Crippen molar-refractivity contribution in [2.75, 3.05) is 13.1 Å². The summed E-state index contributed by atoms with van der Waals surface area (Å²) in [5.74, 6) is -0.223. The molecule has 0 aliphatic heterocycles. The molecule has 1 aromatic heterocycles. The molecule has 2 rings (SSSR count). The topological polar surface area (TPSA) is 87.9 Å². The number of benzene rings is 1. The van der Waals surface area contributed by atoms with Crippen molar-refractivity contribution in [2.45, 2.75) is 6.54 Å². The number of nitrogens with one attached hydrogen (secondary N) is 1. The molecule has 0 aliphatic carbocycles. The van der Waals surface area contributed by atoms with Gasteiger partial charge in [-0.2, -0.15) is 15.4 Å². The van der Waals surface area contributed by atoms with E-state index in [2.05, 4.69) is 15.4 Å². The standard InChI is InChI=1S/C12H14ClN5O/c13-10-4-2-1-3-9(10)8-18(6-5-14)12(19)11-7-15-17-16-11/h1-4,7H,5-6,8,14H2,(H,15,16,17). The fraction of sp³-hybridized carbons (Fsp3) is 0.250. The highest BCUT2D eigenvalue weighted by Gasteiger charge is 2.18. The molecule has 0 spiro atoms. The number of nitrogens with zero attached hydrogens (tertiary/aromatic N) is 3. The Balaban J connectivity index is 2.17. The summed E-state index contributed by atoms with van der Waals surface area (Å²) in [5, 5.41) is 10.5. The van der Waals surface area contributed by atoms with Crippen molar-refractivity contribution in [3.8, 4) is 0 Å². The van der Waals surface area contributed by atoms with Crippen LogP contribution < -0.4 is 5.73 Å². The molecular formula is C12H14ClN5O. The fourth-order valence-electron chi connectivity index (χ4n) is 1.71. The van der Waals surface area contributed by atoms with E-state index in [-0.39, 0.29) is 11.6 Å². The Kier molecular flexibility index (Phi) is 4.48. The van der Waals surface area contributed by atoms with Crippen LogP contribution in [-0.4, -0.2) is 39.3 Å². The van der Waals surface area contributed by atoms with E-state index in [9.17, 15) is 4.79 Å². The van der Waals surface area contributed by atoms with Gasteiger partial charge in [0.05, 0.1) is 6.20 Å². The normalized spacial score (nSPS) is 10.4. The molecular weight excluding hydrogens is 266 g/mol. The van der Waals surface area contributed by atoms with Crippen LogP contribution >= 0.6 is 11.6 Å². The average molecular weight is 280 g/mol. The molecule has 0 radical (unpaired) electrons. The first-order chi connectivity index (χ1) is 9.22. The minimum atomic E-state index is -0.223. The summed E-state index contributed by atoms with van der Waals surface area (Å²) in [6, 6.07) is 7.39. The number of carbonyl (C=O) groups is 1. The maximum Gasteiger partial charge on any atom is 0.276 e. The number of hydrogen-bond acceptors (Lipinski definition) is 4. The number of rotatable bonds is 5. The minimum Gasteiger partial charge on any atom is -0.332 e. The number of nitrogens with two attached hydrogens (primary N) is 1. The molecule has 1 heterocycles. The third-order valence-corrected chi connectivity index (χ3v) is 3.01. The summed E-state index contributed by atoms with van der Waals surface area (Å²) in [4.78, 5) is 13.8. The van der Waals surface area contributed by atoms with E-state index in [4.69, 9.17) is 17.3 Å². The average Bonchev–Trinajstić information content (AvgIpc) is 2.94. The second kappa shape index (κ2) is 6.31. The molecule has 0 saturated carbocycles. The van der Waals surface area contributed by atoms with Crippen LogP contribution in [0.2, 0.25) is 5.02 Å². The Hall–Kier alpha value is -1.92. The molecule has 0 bridgehead atoms. The quantitative estimate of drug-likeness (QED) is 0.857. The van der Waals surface area contributed by atoms with Gasteiger partial charge in [0, 0.05) is 24.7 Å². The first-order valence-corrected chi connectivity index (χ1v) is 6.18.